The van der Waals surface area contributed by atoms with Crippen molar-refractivity contribution >= 4 is 17.5 Å². The van der Waals surface area contributed by atoms with Crippen molar-refractivity contribution in [3.8, 4) is 0 Å². The van der Waals surface area contributed by atoms with Crippen LogP contribution in [0.2, 0.25) is 0 Å². The maximum Gasteiger partial charge on any atom is 0.226 e. The van der Waals surface area contributed by atoms with E-state index < -0.39 is 0 Å². The van der Waals surface area contributed by atoms with E-state index in [1.54, 1.807) is 24.5 Å². The van der Waals surface area contributed by atoms with E-state index in [-0.39, 0.29) is 18.2 Å². The van der Waals surface area contributed by atoms with Gasteiger partial charge in [0, 0.05) is 31.0 Å². The highest BCUT2D eigenvalue weighted by molar-refractivity contribution is 5.91. The van der Waals surface area contributed by atoms with E-state index in [0.29, 0.717) is 18.7 Å². The molecule has 0 aliphatic carbocycles. The average Bonchev–Trinajstić information content (AvgIpc) is 2.49. The lowest BCUT2D eigenvalue weighted by atomic mass is 10.1. The van der Waals surface area contributed by atoms with Gasteiger partial charge in [0.2, 0.25) is 11.8 Å². The number of nitrogens with zero attached hydrogens (tertiary/aromatic N) is 1. The summed E-state index contributed by atoms with van der Waals surface area (Å²) in [6.07, 6.45) is 3.78. The third-order valence-electron chi connectivity index (χ3n) is 2.85. The Labute approximate surface area is 123 Å². The second kappa shape index (κ2) is 7.79. The Kier molecular flexibility index (Phi) is 5.46. The lowest BCUT2D eigenvalue weighted by molar-refractivity contribution is -0.120. The van der Waals surface area contributed by atoms with Crippen LogP contribution in [-0.2, 0) is 16.0 Å². The van der Waals surface area contributed by atoms with Crippen molar-refractivity contribution in [2.24, 2.45) is 0 Å². The normalized spacial score (nSPS) is 9.90. The summed E-state index contributed by atoms with van der Waals surface area (Å²) in [6.45, 7) is 0.322. The monoisotopic (exact) mass is 283 g/mol. The lowest BCUT2D eigenvalue weighted by Crippen LogP contribution is -2.28. The lowest BCUT2D eigenvalue weighted by Gasteiger charge is -2.06. The summed E-state index contributed by atoms with van der Waals surface area (Å²) in [4.78, 5) is 27.2. The first kappa shape index (κ1) is 14.7. The fourth-order valence-electron chi connectivity index (χ4n) is 1.82. The zero-order valence-electron chi connectivity index (χ0n) is 11.6. The number of hydrogen-bond acceptors (Lipinski definition) is 3. The third-order valence-corrected chi connectivity index (χ3v) is 2.85. The Morgan fingerprint density at radius 2 is 1.67 bits per heavy atom. The summed E-state index contributed by atoms with van der Waals surface area (Å²) in [6, 6.07) is 12.9. The zero-order valence-corrected chi connectivity index (χ0v) is 11.6. The second-order valence-corrected chi connectivity index (χ2v) is 4.55. The van der Waals surface area contributed by atoms with Crippen LogP contribution in [0, 0.1) is 0 Å². The molecular formula is C16H17N3O2. The van der Waals surface area contributed by atoms with E-state index >= 15 is 0 Å². The molecule has 0 aliphatic heterocycles. The van der Waals surface area contributed by atoms with Crippen LogP contribution < -0.4 is 10.6 Å². The molecular weight excluding hydrogens is 266 g/mol. The van der Waals surface area contributed by atoms with Crippen LogP contribution in [-0.4, -0.2) is 23.3 Å². The van der Waals surface area contributed by atoms with E-state index in [0.717, 1.165) is 5.56 Å². The number of rotatable bonds is 6. The van der Waals surface area contributed by atoms with E-state index in [1.807, 2.05) is 30.3 Å². The Morgan fingerprint density at radius 3 is 2.38 bits per heavy atom. The molecule has 0 aliphatic rings. The molecule has 1 aromatic heterocycles. The van der Waals surface area contributed by atoms with Gasteiger partial charge < -0.3 is 10.6 Å². The first-order chi connectivity index (χ1) is 10.2. The van der Waals surface area contributed by atoms with Crippen LogP contribution in [0.3, 0.4) is 0 Å². The highest BCUT2D eigenvalue weighted by Crippen LogP contribution is 2.03. The molecule has 0 fully saturated rings. The van der Waals surface area contributed by atoms with Gasteiger partial charge in [-0.25, -0.2) is 0 Å². The molecule has 2 rings (SSSR count). The van der Waals surface area contributed by atoms with Crippen molar-refractivity contribution < 1.29 is 9.59 Å². The Bertz CT molecular complexity index is 531. The highest BCUT2D eigenvalue weighted by atomic mass is 16.2. The molecule has 108 valence electrons. The fourth-order valence-corrected chi connectivity index (χ4v) is 1.82. The van der Waals surface area contributed by atoms with Gasteiger partial charge in [-0.15, -0.1) is 0 Å². The molecule has 1 aromatic carbocycles. The first-order valence-corrected chi connectivity index (χ1v) is 6.74. The molecule has 0 bridgehead atoms. The standard InChI is InChI=1S/C16H17N3O2/c20-15(19-14-6-9-17-10-7-14)8-11-18-16(21)12-13-4-2-1-3-5-13/h1-7,9-10H,8,11-12H2,(H,18,21)(H,17,19,20). The maximum atomic E-state index is 11.7. The minimum Gasteiger partial charge on any atom is -0.355 e. The number of anilines is 1. The number of carbonyl (C=O) groups excluding carboxylic acids is 2. The molecule has 5 nitrogen and oxygen atoms in total. The quantitative estimate of drug-likeness (QED) is 0.848. The van der Waals surface area contributed by atoms with Gasteiger partial charge in [0.05, 0.1) is 6.42 Å². The Hall–Kier alpha value is -2.69. The van der Waals surface area contributed by atoms with E-state index in [1.165, 1.54) is 0 Å². The molecule has 21 heavy (non-hydrogen) atoms. The van der Waals surface area contributed by atoms with E-state index in [4.69, 9.17) is 0 Å². The largest absolute Gasteiger partial charge is 0.355 e. The van der Waals surface area contributed by atoms with Crippen LogP contribution in [0.15, 0.2) is 54.9 Å². The van der Waals surface area contributed by atoms with Gasteiger partial charge in [-0.3, -0.25) is 14.6 Å². The summed E-state index contributed by atoms with van der Waals surface area (Å²) in [5.74, 6) is -0.223. The topological polar surface area (TPSA) is 71.1 Å². The molecule has 2 N–H and O–H groups in total. The molecule has 1 heterocycles. The minimum atomic E-state index is -0.138. The van der Waals surface area contributed by atoms with Crippen LogP contribution in [0.1, 0.15) is 12.0 Å². The number of amides is 2. The summed E-state index contributed by atoms with van der Waals surface area (Å²) < 4.78 is 0. The van der Waals surface area contributed by atoms with Crippen LogP contribution >= 0.6 is 0 Å². The average molecular weight is 283 g/mol. The smallest absolute Gasteiger partial charge is 0.226 e. The third kappa shape index (κ3) is 5.44. The van der Waals surface area contributed by atoms with Crippen molar-refractivity contribution in [3.05, 3.63) is 60.4 Å². The maximum absolute atomic E-state index is 11.7. The summed E-state index contributed by atoms with van der Waals surface area (Å²) in [5, 5.41) is 5.47. The summed E-state index contributed by atoms with van der Waals surface area (Å²) in [7, 11) is 0. The highest BCUT2D eigenvalue weighted by Gasteiger charge is 2.05. The van der Waals surface area contributed by atoms with E-state index in [2.05, 4.69) is 15.6 Å². The van der Waals surface area contributed by atoms with Crippen LogP contribution in [0.5, 0.6) is 0 Å². The van der Waals surface area contributed by atoms with E-state index in [9.17, 15) is 9.59 Å². The predicted octanol–water partition coefficient (Wildman–Crippen LogP) is 1.77. The molecule has 2 amide bonds. The van der Waals surface area contributed by atoms with Gasteiger partial charge >= 0.3 is 0 Å². The SMILES string of the molecule is O=C(Cc1ccccc1)NCCC(=O)Nc1ccncc1. The molecule has 0 atom stereocenters. The van der Waals surface area contributed by atoms with Crippen LogP contribution in [0.25, 0.3) is 0 Å². The second-order valence-electron chi connectivity index (χ2n) is 4.55. The molecule has 0 saturated carbocycles. The fraction of sp³-hybridized carbons (Fsp3) is 0.188. The first-order valence-electron chi connectivity index (χ1n) is 6.74. The number of pyridine rings is 1. The van der Waals surface area contributed by atoms with Crippen molar-refractivity contribution in [1.82, 2.24) is 10.3 Å². The van der Waals surface area contributed by atoms with Crippen molar-refractivity contribution in [3.63, 3.8) is 0 Å². The predicted molar refractivity (Wildman–Crippen MR) is 80.6 cm³/mol. The number of nitrogens with one attached hydrogen (secondary N) is 2. The molecule has 0 unspecified atom stereocenters. The molecule has 0 spiro atoms. The number of hydrogen-bond donors (Lipinski definition) is 2. The van der Waals surface area contributed by atoms with Crippen molar-refractivity contribution in [2.45, 2.75) is 12.8 Å². The summed E-state index contributed by atoms with van der Waals surface area (Å²) >= 11 is 0. The molecule has 2 aromatic rings. The number of aromatic nitrogens is 1. The van der Waals surface area contributed by atoms with Crippen molar-refractivity contribution in [2.75, 3.05) is 11.9 Å². The minimum absolute atomic E-state index is 0.0853. The Balaban J connectivity index is 1.67. The molecule has 0 saturated heterocycles. The van der Waals surface area contributed by atoms with Crippen LogP contribution in [0.4, 0.5) is 5.69 Å². The van der Waals surface area contributed by atoms with Gasteiger partial charge in [0.25, 0.3) is 0 Å². The molecule has 0 radical (unpaired) electrons. The van der Waals surface area contributed by atoms with Gasteiger partial charge in [-0.1, -0.05) is 30.3 Å². The zero-order chi connectivity index (χ0) is 14.9. The van der Waals surface area contributed by atoms with Gasteiger partial charge in [-0.05, 0) is 17.7 Å². The number of benzene rings is 1. The molecule has 5 heteroatoms. The van der Waals surface area contributed by atoms with Crippen molar-refractivity contribution in [1.29, 1.82) is 0 Å². The van der Waals surface area contributed by atoms with Gasteiger partial charge in [0.1, 0.15) is 0 Å². The van der Waals surface area contributed by atoms with Gasteiger partial charge in [0.15, 0.2) is 0 Å². The summed E-state index contributed by atoms with van der Waals surface area (Å²) in [5.41, 5.74) is 1.65. The van der Waals surface area contributed by atoms with Gasteiger partial charge in [-0.2, -0.15) is 0 Å². The Morgan fingerprint density at radius 1 is 0.952 bits per heavy atom. The number of carbonyl (C=O) groups is 2.